The molecule has 130 valence electrons. The number of oxime groups is 2. The highest BCUT2D eigenvalue weighted by atomic mass is 32.2. The molecule has 24 heavy (non-hydrogen) atoms. The van der Waals surface area contributed by atoms with Crippen molar-refractivity contribution in [3.8, 4) is 12.1 Å². The van der Waals surface area contributed by atoms with Crippen LogP contribution in [-0.2, 0) is 21.6 Å². The third-order valence-corrected chi connectivity index (χ3v) is 1.84. The lowest BCUT2D eigenvalue weighted by Crippen LogP contribution is -2.00. The minimum Gasteiger partial charge on any atom is -0.410 e. The lowest BCUT2D eigenvalue weighted by atomic mass is 10.1. The summed E-state index contributed by atoms with van der Waals surface area (Å²) < 4.78 is 19.1. The molecule has 10 heteroatoms. The van der Waals surface area contributed by atoms with Crippen LogP contribution in [0.25, 0.3) is 0 Å². The second-order valence-electron chi connectivity index (χ2n) is 4.18. The zero-order valence-corrected chi connectivity index (χ0v) is 15.3. The fraction of sp³-hybridized carbons (Fsp3) is 0.286. The molecule has 1 aromatic rings. The van der Waals surface area contributed by atoms with Gasteiger partial charge < -0.3 is 10.4 Å². The summed E-state index contributed by atoms with van der Waals surface area (Å²) in [6.07, 6.45) is 6.56. The second-order valence-corrected chi connectivity index (χ2v) is 7.15. The molecule has 0 aliphatic carbocycles. The van der Waals surface area contributed by atoms with Crippen molar-refractivity contribution in [2.24, 2.45) is 10.3 Å². The Labute approximate surface area is 145 Å². The molecule has 0 heterocycles. The van der Waals surface area contributed by atoms with Crippen LogP contribution in [0.3, 0.4) is 0 Å². The van der Waals surface area contributed by atoms with Gasteiger partial charge in [0.05, 0.1) is 0 Å². The Morgan fingerprint density at radius 1 is 0.833 bits per heavy atom. The highest BCUT2D eigenvalue weighted by Gasteiger charge is 2.06. The van der Waals surface area contributed by atoms with Crippen LogP contribution in [0, 0.1) is 22.7 Å². The topological polar surface area (TPSA) is 147 Å². The molecule has 0 atom stereocenters. The Morgan fingerprint density at radius 2 is 1.04 bits per heavy atom. The van der Waals surface area contributed by atoms with Gasteiger partial charge in [0, 0.05) is 57.7 Å². The van der Waals surface area contributed by atoms with Gasteiger partial charge in [0.25, 0.3) is 0 Å². The van der Waals surface area contributed by atoms with Crippen LogP contribution in [0.4, 0.5) is 0 Å². The first kappa shape index (κ1) is 23.7. The summed E-state index contributed by atoms with van der Waals surface area (Å²) in [6.45, 7) is 0. The van der Waals surface area contributed by atoms with Crippen LogP contribution in [0.2, 0.25) is 0 Å². The van der Waals surface area contributed by atoms with Gasteiger partial charge in [-0.2, -0.15) is 10.5 Å². The lowest BCUT2D eigenvalue weighted by Gasteiger charge is -1.98. The maximum absolute atomic E-state index is 9.56. The Kier molecular flexibility index (Phi) is 13.9. The van der Waals surface area contributed by atoms with Crippen molar-refractivity contribution in [1.29, 1.82) is 10.5 Å². The average molecular weight is 370 g/mol. The zero-order valence-electron chi connectivity index (χ0n) is 13.6. The standard InChI is InChI=1S/C10H6N4O2.2C2H6OS/c11-5-9(13-15)7-1-2-8(4-3-7)10(6-12)14-16;2*1-4(2)3/h1-4,15-16H;2*1-2H3/b13-9+,14-10+;;. The molecule has 0 bridgehead atoms. The normalized spacial score (nSPS) is 10.7. The number of nitriles is 2. The molecule has 0 aliphatic rings. The largest absolute Gasteiger partial charge is 0.410 e. The van der Waals surface area contributed by atoms with Gasteiger partial charge in [0.15, 0.2) is 11.4 Å². The molecular weight excluding hydrogens is 352 g/mol. The predicted molar refractivity (Wildman–Crippen MR) is 94.3 cm³/mol. The first-order valence-electron chi connectivity index (χ1n) is 6.08. The van der Waals surface area contributed by atoms with Crippen LogP contribution >= 0.6 is 0 Å². The summed E-state index contributed by atoms with van der Waals surface area (Å²) in [5.74, 6) is 0. The van der Waals surface area contributed by atoms with E-state index < -0.39 is 21.6 Å². The molecule has 2 N–H and O–H groups in total. The van der Waals surface area contributed by atoms with E-state index in [1.807, 2.05) is 0 Å². The van der Waals surface area contributed by atoms with Crippen LogP contribution in [0.15, 0.2) is 34.6 Å². The number of hydrogen-bond acceptors (Lipinski definition) is 8. The lowest BCUT2D eigenvalue weighted by molar-refractivity contribution is 0.319. The van der Waals surface area contributed by atoms with E-state index in [0.717, 1.165) is 0 Å². The Hall–Kier alpha value is -2.56. The zero-order chi connectivity index (χ0) is 19.1. The van der Waals surface area contributed by atoms with E-state index in [4.69, 9.17) is 20.9 Å². The quantitative estimate of drug-likeness (QED) is 0.452. The molecule has 0 saturated carbocycles. The minimum atomic E-state index is -0.611. The van der Waals surface area contributed by atoms with Crippen molar-refractivity contribution in [3.05, 3.63) is 35.4 Å². The molecule has 0 saturated heterocycles. The first-order chi connectivity index (χ1) is 11.2. The van der Waals surface area contributed by atoms with Crippen LogP contribution < -0.4 is 0 Å². The summed E-state index contributed by atoms with van der Waals surface area (Å²) >= 11 is 0. The second kappa shape index (κ2) is 14.1. The molecule has 8 nitrogen and oxygen atoms in total. The average Bonchev–Trinajstić information content (AvgIpc) is 2.50. The maximum Gasteiger partial charge on any atom is 0.186 e. The third kappa shape index (κ3) is 12.0. The summed E-state index contributed by atoms with van der Waals surface area (Å²) in [5.41, 5.74) is 0.546. The van der Waals surface area contributed by atoms with Crippen LogP contribution in [-0.4, -0.2) is 55.3 Å². The SMILES string of the molecule is CS(C)=O.CS(C)=O.N#C/C(=N\O)c1ccc(/C(C#N)=N/O)cc1. The molecule has 0 radical (unpaired) electrons. The van der Waals surface area contributed by atoms with Crippen molar-refractivity contribution < 1.29 is 18.8 Å². The van der Waals surface area contributed by atoms with Crippen molar-refractivity contribution in [3.63, 3.8) is 0 Å². The Bertz CT molecular complexity index is 632. The van der Waals surface area contributed by atoms with Crippen molar-refractivity contribution >= 4 is 33.0 Å². The van der Waals surface area contributed by atoms with Crippen molar-refractivity contribution in [2.75, 3.05) is 25.0 Å². The molecule has 0 aromatic heterocycles. The first-order valence-corrected chi connectivity index (χ1v) is 10.0. The van der Waals surface area contributed by atoms with Gasteiger partial charge >= 0.3 is 0 Å². The van der Waals surface area contributed by atoms with Gasteiger partial charge in [-0.05, 0) is 0 Å². The monoisotopic (exact) mass is 370 g/mol. The smallest absolute Gasteiger partial charge is 0.186 e. The van der Waals surface area contributed by atoms with Gasteiger partial charge in [-0.25, -0.2) is 0 Å². The molecule has 0 spiro atoms. The minimum absolute atomic E-state index is 0.133. The van der Waals surface area contributed by atoms with Gasteiger partial charge in [-0.3, -0.25) is 8.42 Å². The van der Waals surface area contributed by atoms with Gasteiger partial charge in [-0.15, -0.1) is 0 Å². The van der Waals surface area contributed by atoms with Crippen molar-refractivity contribution in [1.82, 2.24) is 0 Å². The van der Waals surface area contributed by atoms with Gasteiger partial charge in [0.1, 0.15) is 12.1 Å². The summed E-state index contributed by atoms with van der Waals surface area (Å²) in [7, 11) is -1.22. The van der Waals surface area contributed by atoms with Crippen molar-refractivity contribution in [2.45, 2.75) is 0 Å². The van der Waals surface area contributed by atoms with E-state index in [1.54, 1.807) is 37.2 Å². The number of hydrogen-bond donors (Lipinski definition) is 2. The highest BCUT2D eigenvalue weighted by molar-refractivity contribution is 7.83. The van der Waals surface area contributed by atoms with E-state index in [0.29, 0.717) is 11.1 Å². The Morgan fingerprint density at radius 3 is 1.17 bits per heavy atom. The summed E-state index contributed by atoms with van der Waals surface area (Å²) in [4.78, 5) is 0. The maximum atomic E-state index is 9.56. The fourth-order valence-electron chi connectivity index (χ4n) is 1.08. The summed E-state index contributed by atoms with van der Waals surface area (Å²) in [5, 5.41) is 39.8. The Balaban J connectivity index is 0. The molecule has 0 unspecified atom stereocenters. The highest BCUT2D eigenvalue weighted by Crippen LogP contribution is 2.06. The predicted octanol–water partition coefficient (Wildman–Crippen LogP) is 1.08. The van der Waals surface area contributed by atoms with Crippen LogP contribution in [0.5, 0.6) is 0 Å². The molecule has 0 fully saturated rings. The van der Waals surface area contributed by atoms with E-state index in [1.165, 1.54) is 24.3 Å². The molecule has 1 aromatic carbocycles. The van der Waals surface area contributed by atoms with E-state index in [2.05, 4.69) is 10.3 Å². The molecule has 0 amide bonds. The fourth-order valence-corrected chi connectivity index (χ4v) is 1.08. The number of rotatable bonds is 2. The van der Waals surface area contributed by atoms with Gasteiger partial charge in [0.2, 0.25) is 0 Å². The van der Waals surface area contributed by atoms with E-state index in [-0.39, 0.29) is 11.4 Å². The molecule has 1 rings (SSSR count). The molecule has 0 aliphatic heterocycles. The van der Waals surface area contributed by atoms with E-state index in [9.17, 15) is 8.42 Å². The van der Waals surface area contributed by atoms with Gasteiger partial charge in [-0.1, -0.05) is 34.6 Å². The summed E-state index contributed by atoms with van der Waals surface area (Å²) in [6, 6.07) is 9.33. The molecular formula is C14H18N4O4S2. The van der Waals surface area contributed by atoms with Crippen LogP contribution in [0.1, 0.15) is 11.1 Å². The number of benzene rings is 1. The third-order valence-electron chi connectivity index (χ3n) is 1.84. The number of nitrogens with zero attached hydrogens (tertiary/aromatic N) is 4. The van der Waals surface area contributed by atoms with E-state index >= 15 is 0 Å².